The molecule has 0 unspecified atom stereocenters. The van der Waals surface area contributed by atoms with Crippen LogP contribution in [0.5, 0.6) is 0 Å². The minimum atomic E-state index is -1.84. The zero-order valence-electron chi connectivity index (χ0n) is 21.4. The molecule has 1 aliphatic heterocycles. The number of hydrogen-bond donors (Lipinski definition) is 1. The Hall–Kier alpha value is -3.42. The quantitative estimate of drug-likeness (QED) is 0.413. The highest BCUT2D eigenvalue weighted by molar-refractivity contribution is 6.74. The Labute approximate surface area is 212 Å². The monoisotopic (exact) mass is 505 g/mol. The topological polar surface area (TPSA) is 99.8 Å². The van der Waals surface area contributed by atoms with E-state index in [9.17, 15) is 9.65 Å². The fraction of sp³-hybridized carbons (Fsp3) is 0.423. The van der Waals surface area contributed by atoms with Gasteiger partial charge in [-0.25, -0.2) is 19.3 Å². The van der Waals surface area contributed by atoms with Crippen LogP contribution in [0.25, 0.3) is 11.4 Å². The highest BCUT2D eigenvalue weighted by Gasteiger charge is 2.37. The molecule has 0 saturated carbocycles. The molecule has 0 aromatic carbocycles. The van der Waals surface area contributed by atoms with Crippen molar-refractivity contribution in [3.8, 4) is 17.5 Å². The molecule has 4 rings (SSSR count). The number of anilines is 3. The van der Waals surface area contributed by atoms with E-state index >= 15 is 0 Å². The van der Waals surface area contributed by atoms with Gasteiger partial charge >= 0.3 is 0 Å². The van der Waals surface area contributed by atoms with Gasteiger partial charge in [0.25, 0.3) is 0 Å². The molecule has 1 aliphatic rings. The van der Waals surface area contributed by atoms with Crippen molar-refractivity contribution < 1.29 is 8.82 Å². The Morgan fingerprint density at radius 1 is 1.14 bits per heavy atom. The standard InChI is InChI=1S/C26H32FN7OSi/c1-26(2,3)36(4,5)35-17-20-7-6-19(15-30-20)31-25-29-12-10-22(33-25)21-8-9-24(23(14-28)32-21)34-13-11-18(27)16-34/h6-10,12,15,18H,11,13,16-17H2,1-5H3,(H,29,31,33)/t18-/m0/s1. The van der Waals surface area contributed by atoms with Crippen LogP contribution in [-0.4, -0.2) is 47.5 Å². The van der Waals surface area contributed by atoms with Crippen molar-refractivity contribution in [1.82, 2.24) is 19.9 Å². The van der Waals surface area contributed by atoms with Gasteiger partial charge in [-0.05, 0) is 54.9 Å². The Bertz CT molecular complexity index is 1250. The molecule has 188 valence electrons. The van der Waals surface area contributed by atoms with Gasteiger partial charge in [0, 0.05) is 19.3 Å². The number of nitriles is 1. The normalized spacial score (nSPS) is 16.1. The second kappa shape index (κ2) is 10.3. The summed E-state index contributed by atoms with van der Waals surface area (Å²) in [6.07, 6.45) is 2.96. The van der Waals surface area contributed by atoms with Crippen molar-refractivity contribution >= 4 is 25.6 Å². The third kappa shape index (κ3) is 5.86. The van der Waals surface area contributed by atoms with Crippen molar-refractivity contribution in [1.29, 1.82) is 5.26 Å². The Morgan fingerprint density at radius 3 is 2.56 bits per heavy atom. The average molecular weight is 506 g/mol. The molecule has 0 amide bonds. The van der Waals surface area contributed by atoms with Crippen LogP contribution in [0.4, 0.5) is 21.7 Å². The first-order valence-electron chi connectivity index (χ1n) is 12.1. The van der Waals surface area contributed by atoms with E-state index in [0.717, 1.165) is 11.4 Å². The van der Waals surface area contributed by atoms with Gasteiger partial charge < -0.3 is 14.6 Å². The maximum Gasteiger partial charge on any atom is 0.227 e. The third-order valence-electron chi connectivity index (χ3n) is 6.84. The molecule has 3 aromatic heterocycles. The molecular formula is C26H32FN7OSi. The molecule has 4 heterocycles. The predicted octanol–water partition coefficient (Wildman–Crippen LogP) is 5.62. The van der Waals surface area contributed by atoms with Gasteiger partial charge in [-0.1, -0.05) is 20.8 Å². The lowest BCUT2D eigenvalue weighted by Gasteiger charge is -2.36. The average Bonchev–Trinajstić information content (AvgIpc) is 3.28. The maximum atomic E-state index is 13.6. The molecule has 1 fully saturated rings. The van der Waals surface area contributed by atoms with E-state index in [2.05, 4.69) is 65.2 Å². The molecule has 1 atom stereocenters. The molecule has 36 heavy (non-hydrogen) atoms. The molecular weight excluding hydrogens is 473 g/mol. The first kappa shape index (κ1) is 25.7. The summed E-state index contributed by atoms with van der Waals surface area (Å²) in [6.45, 7) is 12.4. The van der Waals surface area contributed by atoms with E-state index in [4.69, 9.17) is 4.43 Å². The Balaban J connectivity index is 1.45. The molecule has 0 radical (unpaired) electrons. The van der Waals surface area contributed by atoms with E-state index in [0.29, 0.717) is 42.6 Å². The van der Waals surface area contributed by atoms with E-state index in [1.54, 1.807) is 24.5 Å². The van der Waals surface area contributed by atoms with E-state index < -0.39 is 14.5 Å². The first-order valence-corrected chi connectivity index (χ1v) is 15.0. The Morgan fingerprint density at radius 2 is 1.92 bits per heavy atom. The second-order valence-electron chi connectivity index (χ2n) is 10.5. The second-order valence-corrected chi connectivity index (χ2v) is 15.3. The number of hydrogen-bond acceptors (Lipinski definition) is 8. The summed E-state index contributed by atoms with van der Waals surface area (Å²) in [5.41, 5.74) is 3.65. The zero-order valence-corrected chi connectivity index (χ0v) is 22.4. The van der Waals surface area contributed by atoms with E-state index in [-0.39, 0.29) is 17.3 Å². The van der Waals surface area contributed by atoms with Crippen molar-refractivity contribution in [3.63, 3.8) is 0 Å². The molecule has 8 nitrogen and oxygen atoms in total. The molecule has 10 heteroatoms. The van der Waals surface area contributed by atoms with Gasteiger partial charge in [0.2, 0.25) is 5.95 Å². The minimum Gasteiger partial charge on any atom is -0.411 e. The molecule has 1 N–H and O–H groups in total. The summed E-state index contributed by atoms with van der Waals surface area (Å²) in [7, 11) is -1.84. The molecule has 3 aromatic rings. The lowest BCUT2D eigenvalue weighted by atomic mass is 10.2. The summed E-state index contributed by atoms with van der Waals surface area (Å²) in [6, 6.07) is 11.3. The van der Waals surface area contributed by atoms with Gasteiger partial charge in [-0.2, -0.15) is 5.26 Å². The van der Waals surface area contributed by atoms with E-state index in [1.165, 1.54) is 0 Å². The van der Waals surface area contributed by atoms with Crippen LogP contribution < -0.4 is 10.2 Å². The van der Waals surface area contributed by atoms with Crippen LogP contribution in [0.1, 0.15) is 38.6 Å². The fourth-order valence-electron chi connectivity index (χ4n) is 3.61. The predicted molar refractivity (Wildman–Crippen MR) is 141 cm³/mol. The lowest BCUT2D eigenvalue weighted by molar-refractivity contribution is 0.272. The van der Waals surface area contributed by atoms with Gasteiger partial charge in [0.05, 0.1) is 41.3 Å². The number of pyridine rings is 2. The molecule has 0 bridgehead atoms. The Kier molecular flexibility index (Phi) is 7.33. The number of halogens is 1. The lowest BCUT2D eigenvalue weighted by Crippen LogP contribution is -2.40. The highest BCUT2D eigenvalue weighted by atomic mass is 28.4. The fourth-order valence-corrected chi connectivity index (χ4v) is 4.56. The van der Waals surface area contributed by atoms with Crippen molar-refractivity contribution in [2.75, 3.05) is 23.3 Å². The molecule has 0 spiro atoms. The van der Waals surface area contributed by atoms with Crippen molar-refractivity contribution in [2.45, 2.75) is 58.1 Å². The van der Waals surface area contributed by atoms with Crippen LogP contribution >= 0.6 is 0 Å². The van der Waals surface area contributed by atoms with Crippen LogP contribution in [0, 0.1) is 11.3 Å². The smallest absolute Gasteiger partial charge is 0.227 e. The number of aromatic nitrogens is 4. The van der Waals surface area contributed by atoms with Gasteiger partial charge in [-0.3, -0.25) is 4.98 Å². The third-order valence-corrected chi connectivity index (χ3v) is 11.3. The van der Waals surface area contributed by atoms with Crippen LogP contribution in [0.2, 0.25) is 18.1 Å². The van der Waals surface area contributed by atoms with Crippen LogP contribution in [-0.2, 0) is 11.0 Å². The SMILES string of the molecule is CC(C)(C)[Si](C)(C)OCc1ccc(Nc2nccc(-c3ccc(N4CC[C@H](F)C4)c(C#N)n3)n2)cn1. The van der Waals surface area contributed by atoms with Crippen LogP contribution in [0.3, 0.4) is 0 Å². The minimum absolute atomic E-state index is 0.145. The zero-order chi connectivity index (χ0) is 25.9. The maximum absolute atomic E-state index is 13.6. The van der Waals surface area contributed by atoms with E-state index in [1.807, 2.05) is 23.1 Å². The number of rotatable bonds is 7. The van der Waals surface area contributed by atoms with Crippen molar-refractivity contribution in [2.24, 2.45) is 0 Å². The summed E-state index contributed by atoms with van der Waals surface area (Å²) < 4.78 is 19.9. The van der Waals surface area contributed by atoms with Gasteiger partial charge in [0.1, 0.15) is 12.2 Å². The highest BCUT2D eigenvalue weighted by Crippen LogP contribution is 2.37. The number of alkyl halides is 1. The summed E-state index contributed by atoms with van der Waals surface area (Å²) in [5, 5.41) is 12.9. The summed E-state index contributed by atoms with van der Waals surface area (Å²) in [4.78, 5) is 19.7. The summed E-state index contributed by atoms with van der Waals surface area (Å²) in [5.74, 6) is 0.392. The number of nitrogens with one attached hydrogen (secondary N) is 1. The summed E-state index contributed by atoms with van der Waals surface area (Å²) >= 11 is 0. The van der Waals surface area contributed by atoms with Gasteiger partial charge in [-0.15, -0.1) is 0 Å². The largest absolute Gasteiger partial charge is 0.411 e. The first-order chi connectivity index (χ1) is 17.1. The molecule has 1 saturated heterocycles. The molecule has 0 aliphatic carbocycles. The van der Waals surface area contributed by atoms with Crippen molar-refractivity contribution in [3.05, 3.63) is 54.1 Å². The van der Waals surface area contributed by atoms with Gasteiger partial charge in [0.15, 0.2) is 14.0 Å². The van der Waals surface area contributed by atoms with Crippen LogP contribution in [0.15, 0.2) is 42.7 Å². The number of nitrogens with zero attached hydrogens (tertiary/aromatic N) is 6.